The van der Waals surface area contributed by atoms with Gasteiger partial charge in [0, 0.05) is 41.8 Å². The standard InChI is InChI=1S/C25H23N7/c1-15-3-6-23(32-13-16(2)29-14-32)18-12-22(30-21(18)11-15)24(27)25-19(26)4-5-20(31-25)17-7-9-28-10-8-17/h3-10,12-14,27,30H,11,26H2,1-2H3. The van der Waals surface area contributed by atoms with E-state index in [-0.39, 0.29) is 5.71 Å². The molecule has 5 rings (SSSR count). The minimum atomic E-state index is 0.259. The Morgan fingerprint density at radius 1 is 1.12 bits per heavy atom. The molecule has 0 bridgehead atoms. The summed E-state index contributed by atoms with van der Waals surface area (Å²) in [6, 6.07) is 9.45. The normalized spacial score (nSPS) is 13.2. The van der Waals surface area contributed by atoms with Crippen molar-refractivity contribution in [1.29, 1.82) is 5.41 Å². The molecular weight excluding hydrogens is 398 g/mol. The van der Waals surface area contributed by atoms with Crippen molar-refractivity contribution < 1.29 is 0 Å². The number of rotatable bonds is 4. The van der Waals surface area contributed by atoms with E-state index in [1.807, 2.05) is 48.3 Å². The smallest absolute Gasteiger partial charge is 0.114 e. The van der Waals surface area contributed by atoms with E-state index in [2.05, 4.69) is 34.0 Å². The van der Waals surface area contributed by atoms with Crippen LogP contribution in [0.25, 0.3) is 17.0 Å². The fraction of sp³-hybridized carbons (Fsp3) is 0.120. The Labute approximate surface area is 185 Å². The van der Waals surface area contributed by atoms with Crippen LogP contribution in [0.4, 0.5) is 5.69 Å². The van der Waals surface area contributed by atoms with Gasteiger partial charge in [-0.2, -0.15) is 0 Å². The Hall–Kier alpha value is -4.26. The van der Waals surface area contributed by atoms with Gasteiger partial charge in [0.2, 0.25) is 0 Å². The number of imidazole rings is 1. The van der Waals surface area contributed by atoms with Gasteiger partial charge >= 0.3 is 0 Å². The zero-order chi connectivity index (χ0) is 22.2. The molecule has 0 saturated heterocycles. The summed E-state index contributed by atoms with van der Waals surface area (Å²) in [5, 5.41) is 8.89. The summed E-state index contributed by atoms with van der Waals surface area (Å²) in [6.07, 6.45) is 12.3. The molecule has 0 amide bonds. The second-order valence-corrected chi connectivity index (χ2v) is 7.98. The van der Waals surface area contributed by atoms with Crippen LogP contribution in [0.15, 0.2) is 73.0 Å². The zero-order valence-electron chi connectivity index (χ0n) is 17.9. The summed E-state index contributed by atoms with van der Waals surface area (Å²) in [5.41, 5.74) is 15.1. The number of pyridine rings is 2. The van der Waals surface area contributed by atoms with Crippen molar-refractivity contribution in [3.8, 4) is 11.3 Å². The number of aryl methyl sites for hydroxylation is 1. The van der Waals surface area contributed by atoms with Gasteiger partial charge in [-0.1, -0.05) is 11.6 Å². The number of aromatic nitrogens is 5. The molecule has 7 nitrogen and oxygen atoms in total. The minimum absolute atomic E-state index is 0.259. The highest BCUT2D eigenvalue weighted by Crippen LogP contribution is 2.29. The second-order valence-electron chi connectivity index (χ2n) is 7.98. The monoisotopic (exact) mass is 421 g/mol. The first-order valence-electron chi connectivity index (χ1n) is 10.4. The van der Waals surface area contributed by atoms with Gasteiger partial charge in [0.05, 0.1) is 34.8 Å². The van der Waals surface area contributed by atoms with Crippen LogP contribution in [0.3, 0.4) is 0 Å². The number of nitrogens with one attached hydrogen (secondary N) is 2. The first-order chi connectivity index (χ1) is 15.5. The van der Waals surface area contributed by atoms with Crippen molar-refractivity contribution in [3.05, 3.63) is 101 Å². The first kappa shape index (κ1) is 19.7. The fourth-order valence-corrected chi connectivity index (χ4v) is 3.91. The summed E-state index contributed by atoms with van der Waals surface area (Å²) in [5.74, 6) is 0. The summed E-state index contributed by atoms with van der Waals surface area (Å²) in [6.45, 7) is 4.07. The second kappa shape index (κ2) is 7.77. The molecule has 0 atom stereocenters. The molecule has 0 fully saturated rings. The van der Waals surface area contributed by atoms with Gasteiger partial charge in [-0.3, -0.25) is 10.4 Å². The number of anilines is 1. The van der Waals surface area contributed by atoms with Crippen LogP contribution in [-0.4, -0.2) is 30.2 Å². The van der Waals surface area contributed by atoms with Crippen LogP contribution in [-0.2, 0) is 6.42 Å². The number of H-pyrrole nitrogens is 1. The lowest BCUT2D eigenvalue weighted by Gasteiger charge is -2.08. The Morgan fingerprint density at radius 3 is 2.69 bits per heavy atom. The number of nitrogens with two attached hydrogens (primary N) is 1. The molecule has 4 aromatic rings. The Balaban J connectivity index is 1.57. The molecule has 4 aromatic heterocycles. The number of nitrogens with zero attached hydrogens (tertiary/aromatic N) is 4. The van der Waals surface area contributed by atoms with Gasteiger partial charge < -0.3 is 15.3 Å². The SMILES string of the molecule is CC1=CC=C(n2cnc(C)c2)c2cc(C(=N)c3nc(-c4ccncc4)ccc3N)[nH]c2C1. The summed E-state index contributed by atoms with van der Waals surface area (Å²) in [4.78, 5) is 16.6. The molecule has 4 heterocycles. The number of aromatic amines is 1. The quantitative estimate of drug-likeness (QED) is 0.425. The van der Waals surface area contributed by atoms with Gasteiger partial charge in [-0.25, -0.2) is 9.97 Å². The maximum atomic E-state index is 8.89. The molecule has 0 radical (unpaired) electrons. The molecule has 7 heteroatoms. The maximum Gasteiger partial charge on any atom is 0.114 e. The van der Waals surface area contributed by atoms with E-state index in [9.17, 15) is 0 Å². The largest absolute Gasteiger partial charge is 0.397 e. The number of hydrogen-bond acceptors (Lipinski definition) is 5. The number of nitrogen functional groups attached to an aromatic ring is 1. The average molecular weight is 422 g/mol. The molecule has 0 aromatic carbocycles. The molecule has 0 spiro atoms. The van der Waals surface area contributed by atoms with Crippen LogP contribution in [0, 0.1) is 12.3 Å². The fourth-order valence-electron chi connectivity index (χ4n) is 3.91. The van der Waals surface area contributed by atoms with Crippen LogP contribution in [0.1, 0.15) is 35.3 Å². The highest BCUT2D eigenvalue weighted by Gasteiger charge is 2.20. The van der Waals surface area contributed by atoms with E-state index in [1.165, 1.54) is 5.57 Å². The predicted octanol–water partition coefficient (Wildman–Crippen LogP) is 4.37. The van der Waals surface area contributed by atoms with Crippen molar-refractivity contribution >= 4 is 17.1 Å². The lowest BCUT2D eigenvalue weighted by molar-refractivity contribution is 1.05. The number of hydrogen-bond donors (Lipinski definition) is 3. The highest BCUT2D eigenvalue weighted by atomic mass is 15.0. The molecular formula is C25H23N7. The van der Waals surface area contributed by atoms with Gasteiger partial charge in [-0.15, -0.1) is 0 Å². The topological polar surface area (TPSA) is 109 Å². The van der Waals surface area contributed by atoms with Crippen molar-refractivity contribution in [2.75, 3.05) is 5.73 Å². The molecule has 1 aliphatic rings. The maximum absolute atomic E-state index is 8.89. The van der Waals surface area contributed by atoms with Crippen LogP contribution >= 0.6 is 0 Å². The third-order valence-electron chi connectivity index (χ3n) is 5.56. The van der Waals surface area contributed by atoms with Crippen molar-refractivity contribution in [3.63, 3.8) is 0 Å². The van der Waals surface area contributed by atoms with Crippen molar-refractivity contribution in [1.82, 2.24) is 24.5 Å². The van der Waals surface area contributed by atoms with E-state index in [1.54, 1.807) is 18.5 Å². The molecule has 32 heavy (non-hydrogen) atoms. The summed E-state index contributed by atoms with van der Waals surface area (Å²) >= 11 is 0. The van der Waals surface area contributed by atoms with Crippen molar-refractivity contribution in [2.24, 2.45) is 0 Å². The van der Waals surface area contributed by atoms with Crippen molar-refractivity contribution in [2.45, 2.75) is 20.3 Å². The molecule has 4 N–H and O–H groups in total. The Kier molecular flexibility index (Phi) is 4.78. The average Bonchev–Trinajstić information content (AvgIpc) is 3.38. The van der Waals surface area contributed by atoms with Crippen LogP contribution in [0.5, 0.6) is 0 Å². The molecule has 0 saturated carbocycles. The van der Waals surface area contributed by atoms with Crippen LogP contribution < -0.4 is 5.73 Å². The van der Waals surface area contributed by atoms with E-state index < -0.39 is 0 Å². The lowest BCUT2D eigenvalue weighted by atomic mass is 10.1. The third kappa shape index (κ3) is 3.54. The van der Waals surface area contributed by atoms with Crippen LogP contribution in [0.2, 0.25) is 0 Å². The number of fused-ring (bicyclic) bond motifs is 1. The van der Waals surface area contributed by atoms with E-state index in [0.717, 1.165) is 40.3 Å². The molecule has 1 aliphatic carbocycles. The number of allylic oxidation sites excluding steroid dienone is 3. The molecule has 0 aliphatic heterocycles. The van der Waals surface area contributed by atoms with E-state index in [4.69, 9.17) is 16.1 Å². The Bertz CT molecular complexity index is 1390. The minimum Gasteiger partial charge on any atom is -0.397 e. The zero-order valence-corrected chi connectivity index (χ0v) is 17.9. The lowest BCUT2D eigenvalue weighted by Crippen LogP contribution is -2.09. The summed E-state index contributed by atoms with van der Waals surface area (Å²) < 4.78 is 2.02. The highest BCUT2D eigenvalue weighted by molar-refractivity contribution is 6.12. The van der Waals surface area contributed by atoms with E-state index >= 15 is 0 Å². The van der Waals surface area contributed by atoms with Gasteiger partial charge in [0.15, 0.2) is 0 Å². The van der Waals surface area contributed by atoms with E-state index in [0.29, 0.717) is 17.1 Å². The molecule has 158 valence electrons. The molecule has 0 unspecified atom stereocenters. The third-order valence-corrected chi connectivity index (χ3v) is 5.56. The van der Waals surface area contributed by atoms with Gasteiger partial charge in [0.25, 0.3) is 0 Å². The van der Waals surface area contributed by atoms with Gasteiger partial charge in [0.1, 0.15) is 11.4 Å². The van der Waals surface area contributed by atoms with Gasteiger partial charge in [-0.05, 0) is 50.3 Å². The predicted molar refractivity (Wildman–Crippen MR) is 126 cm³/mol. The summed E-state index contributed by atoms with van der Waals surface area (Å²) in [7, 11) is 0. The Morgan fingerprint density at radius 2 is 1.94 bits per heavy atom. The first-order valence-corrected chi connectivity index (χ1v) is 10.4.